The van der Waals surface area contributed by atoms with Crippen LogP contribution in [-0.2, 0) is 16.0 Å². The zero-order valence-electron chi connectivity index (χ0n) is 18.9. The fourth-order valence-corrected chi connectivity index (χ4v) is 4.90. The summed E-state index contributed by atoms with van der Waals surface area (Å²) in [5.41, 5.74) is 2.39. The number of nitrogens with one attached hydrogen (secondary N) is 1. The summed E-state index contributed by atoms with van der Waals surface area (Å²) in [4.78, 5) is 29.2. The van der Waals surface area contributed by atoms with Crippen LogP contribution in [0.4, 0.5) is 5.69 Å². The number of carbonyl (C=O) groups excluding carboxylic acids is 2. The van der Waals surface area contributed by atoms with Crippen LogP contribution >= 0.6 is 0 Å². The molecule has 2 aliphatic heterocycles. The highest BCUT2D eigenvalue weighted by molar-refractivity contribution is 5.96. The minimum atomic E-state index is 0.232. The van der Waals surface area contributed by atoms with Crippen molar-refractivity contribution in [1.29, 1.82) is 0 Å². The van der Waals surface area contributed by atoms with E-state index in [0.29, 0.717) is 24.8 Å². The molecule has 0 saturated carbocycles. The van der Waals surface area contributed by atoms with Gasteiger partial charge in [0.15, 0.2) is 0 Å². The van der Waals surface area contributed by atoms with Gasteiger partial charge in [-0.05, 0) is 49.8 Å². The first-order valence-electron chi connectivity index (χ1n) is 12.0. The van der Waals surface area contributed by atoms with E-state index in [4.69, 9.17) is 0 Å². The zero-order chi connectivity index (χ0) is 21.3. The number of anilines is 1. The van der Waals surface area contributed by atoms with Crippen LogP contribution in [0.3, 0.4) is 0 Å². The number of likely N-dealkylation sites (tertiary alicyclic amines) is 1. The average Bonchev–Trinajstić information content (AvgIpc) is 2.76. The Morgan fingerprint density at radius 1 is 1.13 bits per heavy atom. The number of nitrogens with zero attached hydrogens (tertiary/aromatic N) is 2. The zero-order valence-corrected chi connectivity index (χ0v) is 18.9. The van der Waals surface area contributed by atoms with E-state index in [1.807, 2.05) is 11.0 Å². The Morgan fingerprint density at radius 3 is 2.63 bits per heavy atom. The third-order valence-corrected chi connectivity index (χ3v) is 6.75. The number of hydrogen-bond acceptors (Lipinski definition) is 3. The molecule has 1 fully saturated rings. The van der Waals surface area contributed by atoms with Crippen molar-refractivity contribution >= 4 is 17.5 Å². The maximum Gasteiger partial charge on any atom is 0.227 e. The molecular weight excluding hydrogens is 374 g/mol. The molecule has 5 nitrogen and oxygen atoms in total. The summed E-state index contributed by atoms with van der Waals surface area (Å²) in [5, 5.41) is 3.27. The number of piperidine rings is 1. The second-order valence-electron chi connectivity index (χ2n) is 8.98. The first-order valence-corrected chi connectivity index (χ1v) is 12.0. The van der Waals surface area contributed by atoms with Crippen LogP contribution in [0.5, 0.6) is 0 Å². The minimum Gasteiger partial charge on any atom is -0.353 e. The van der Waals surface area contributed by atoms with Gasteiger partial charge in [-0.3, -0.25) is 9.59 Å². The fourth-order valence-electron chi connectivity index (χ4n) is 4.90. The lowest BCUT2D eigenvalue weighted by Crippen LogP contribution is -2.45. The first kappa shape index (κ1) is 22.8. The van der Waals surface area contributed by atoms with E-state index in [9.17, 15) is 9.59 Å². The Kier molecular flexibility index (Phi) is 8.74. The number of hydrogen-bond donors (Lipinski definition) is 1. The Labute approximate surface area is 182 Å². The van der Waals surface area contributed by atoms with Crippen molar-refractivity contribution in [2.24, 2.45) is 5.92 Å². The second kappa shape index (κ2) is 11.5. The predicted molar refractivity (Wildman–Crippen MR) is 123 cm³/mol. The van der Waals surface area contributed by atoms with Crippen LogP contribution in [-0.4, -0.2) is 48.9 Å². The number of fused-ring (bicyclic) bond motifs is 1. The molecule has 0 bridgehead atoms. The molecule has 166 valence electrons. The smallest absolute Gasteiger partial charge is 0.227 e. The van der Waals surface area contributed by atoms with Gasteiger partial charge in [-0.1, -0.05) is 51.3 Å². The maximum absolute atomic E-state index is 12.4. The largest absolute Gasteiger partial charge is 0.353 e. The average molecular weight is 414 g/mol. The molecule has 0 aromatic heterocycles. The lowest BCUT2D eigenvalue weighted by atomic mass is 9.96. The molecule has 0 aliphatic carbocycles. The molecule has 1 aromatic carbocycles. The molecule has 30 heavy (non-hydrogen) atoms. The van der Waals surface area contributed by atoms with E-state index < -0.39 is 0 Å². The lowest BCUT2D eigenvalue weighted by Gasteiger charge is -2.34. The van der Waals surface area contributed by atoms with Crippen molar-refractivity contribution in [3.8, 4) is 0 Å². The topological polar surface area (TPSA) is 52.7 Å². The van der Waals surface area contributed by atoms with Gasteiger partial charge in [0.25, 0.3) is 0 Å². The van der Waals surface area contributed by atoms with Crippen molar-refractivity contribution in [2.45, 2.75) is 77.7 Å². The summed E-state index contributed by atoms with van der Waals surface area (Å²) in [6.45, 7) is 8.24. The number of rotatable bonds is 10. The van der Waals surface area contributed by atoms with E-state index in [-0.39, 0.29) is 11.8 Å². The molecule has 1 atom stereocenters. The van der Waals surface area contributed by atoms with E-state index in [2.05, 4.69) is 42.3 Å². The SMILES string of the molecule is CCCC(CC)CC(=O)NC1CCN(CCCN2C(=O)CCc3ccccc32)CC1. The summed E-state index contributed by atoms with van der Waals surface area (Å²) in [6.07, 6.45) is 8.60. The summed E-state index contributed by atoms with van der Waals surface area (Å²) >= 11 is 0. The number of para-hydroxylation sites is 1. The van der Waals surface area contributed by atoms with Crippen molar-refractivity contribution in [1.82, 2.24) is 10.2 Å². The molecule has 1 aromatic rings. The Morgan fingerprint density at radius 2 is 1.90 bits per heavy atom. The van der Waals surface area contributed by atoms with Crippen molar-refractivity contribution in [3.63, 3.8) is 0 Å². The minimum absolute atomic E-state index is 0.232. The fraction of sp³-hybridized carbons (Fsp3) is 0.680. The highest BCUT2D eigenvalue weighted by Gasteiger charge is 2.25. The molecule has 3 rings (SSSR count). The van der Waals surface area contributed by atoms with Gasteiger partial charge in [0.1, 0.15) is 0 Å². The number of amides is 2. The van der Waals surface area contributed by atoms with Crippen LogP contribution in [0.15, 0.2) is 24.3 Å². The normalized spacial score (nSPS) is 18.9. The van der Waals surface area contributed by atoms with E-state index in [0.717, 1.165) is 76.8 Å². The third-order valence-electron chi connectivity index (χ3n) is 6.75. The van der Waals surface area contributed by atoms with Gasteiger partial charge >= 0.3 is 0 Å². The molecule has 0 radical (unpaired) electrons. The molecule has 2 aliphatic rings. The number of carbonyl (C=O) groups is 2. The van der Waals surface area contributed by atoms with Crippen LogP contribution in [0.2, 0.25) is 0 Å². The Bertz CT molecular complexity index is 697. The van der Waals surface area contributed by atoms with Crippen molar-refractivity contribution < 1.29 is 9.59 Å². The monoisotopic (exact) mass is 413 g/mol. The predicted octanol–water partition coefficient (Wildman–Crippen LogP) is 4.15. The van der Waals surface area contributed by atoms with Crippen molar-refractivity contribution in [2.75, 3.05) is 31.1 Å². The lowest BCUT2D eigenvalue weighted by molar-refractivity contribution is -0.123. The van der Waals surface area contributed by atoms with Crippen molar-refractivity contribution in [3.05, 3.63) is 29.8 Å². The number of aryl methyl sites for hydroxylation is 1. The molecule has 2 heterocycles. The summed E-state index contributed by atoms with van der Waals surface area (Å²) in [6, 6.07) is 8.61. The molecular formula is C25H39N3O2. The van der Waals surface area contributed by atoms with Gasteiger partial charge in [-0.2, -0.15) is 0 Å². The van der Waals surface area contributed by atoms with E-state index in [1.54, 1.807) is 0 Å². The number of benzene rings is 1. The molecule has 1 N–H and O–H groups in total. The van der Waals surface area contributed by atoms with Gasteiger partial charge in [0, 0.05) is 44.2 Å². The van der Waals surface area contributed by atoms with Gasteiger partial charge in [0.05, 0.1) is 0 Å². The van der Waals surface area contributed by atoms with Crippen LogP contribution in [0.25, 0.3) is 0 Å². The van der Waals surface area contributed by atoms with E-state index in [1.165, 1.54) is 5.56 Å². The van der Waals surface area contributed by atoms with Gasteiger partial charge in [-0.25, -0.2) is 0 Å². The molecule has 1 saturated heterocycles. The van der Waals surface area contributed by atoms with Crippen LogP contribution in [0, 0.1) is 5.92 Å². The van der Waals surface area contributed by atoms with Crippen LogP contribution < -0.4 is 10.2 Å². The standard InChI is InChI=1S/C25H39N3O2/c1-3-8-20(4-2)19-24(29)26-22-13-17-27(18-14-22)15-7-16-28-23-10-6-5-9-21(23)11-12-25(28)30/h5-6,9-10,20,22H,3-4,7-8,11-19H2,1-2H3,(H,26,29). The van der Waals surface area contributed by atoms with E-state index >= 15 is 0 Å². The highest BCUT2D eigenvalue weighted by Crippen LogP contribution is 2.27. The first-order chi connectivity index (χ1) is 14.6. The Hall–Kier alpha value is -1.88. The van der Waals surface area contributed by atoms with Crippen LogP contribution in [0.1, 0.15) is 70.8 Å². The summed E-state index contributed by atoms with van der Waals surface area (Å²) < 4.78 is 0. The quantitative estimate of drug-likeness (QED) is 0.627. The third kappa shape index (κ3) is 6.31. The highest BCUT2D eigenvalue weighted by atomic mass is 16.2. The molecule has 5 heteroatoms. The Balaban J connectivity index is 1.36. The molecule has 1 unspecified atom stereocenters. The summed E-state index contributed by atoms with van der Waals surface area (Å²) in [7, 11) is 0. The summed E-state index contributed by atoms with van der Waals surface area (Å²) in [5.74, 6) is 1.01. The van der Waals surface area contributed by atoms with Gasteiger partial charge in [-0.15, -0.1) is 0 Å². The molecule has 2 amide bonds. The molecule has 0 spiro atoms. The van der Waals surface area contributed by atoms with Gasteiger partial charge < -0.3 is 15.1 Å². The second-order valence-corrected chi connectivity index (χ2v) is 8.98. The maximum atomic E-state index is 12.4. The van der Waals surface area contributed by atoms with Gasteiger partial charge in [0.2, 0.25) is 11.8 Å².